The van der Waals surface area contributed by atoms with Crippen LogP contribution in [-0.4, -0.2) is 53.3 Å². The number of ether oxygens (including phenoxy) is 1. The van der Waals surface area contributed by atoms with E-state index in [1.807, 2.05) is 35.4 Å². The maximum Gasteiger partial charge on any atom is 0.318 e. The molecule has 4 rings (SSSR count). The number of anilines is 1. The molecule has 0 bridgehead atoms. The number of aliphatic carboxylic acids is 1. The number of nitrogen functional groups attached to an aromatic ring is 1. The number of aromatic nitrogens is 1. The van der Waals surface area contributed by atoms with Crippen molar-refractivity contribution in [3.8, 4) is 5.75 Å². The first-order valence-electron chi connectivity index (χ1n) is 9.57. The summed E-state index contributed by atoms with van der Waals surface area (Å²) >= 11 is 0. The third-order valence-corrected chi connectivity index (χ3v) is 5.02. The number of amidine groups is 1. The number of benzene rings is 1. The summed E-state index contributed by atoms with van der Waals surface area (Å²) in [5.74, 6) is 4.94. The molecule has 0 saturated carbocycles. The van der Waals surface area contributed by atoms with E-state index < -0.39 is 11.7 Å². The normalized spacial score (nSPS) is 16.5. The Kier molecular flexibility index (Phi) is 6.42. The average molecular weight is 431 g/mol. The zero-order chi connectivity index (χ0) is 22.6. The average Bonchev–Trinajstić information content (AvgIpc) is 3.19. The minimum Gasteiger partial charge on any atom is -0.480 e. The van der Waals surface area contributed by atoms with Crippen LogP contribution in [0.5, 0.6) is 5.75 Å². The van der Waals surface area contributed by atoms with Crippen LogP contribution in [0.1, 0.15) is 34.5 Å². The number of carboxylic acids is 1. The molecule has 2 aromatic rings. The molecule has 12 heteroatoms. The summed E-state index contributed by atoms with van der Waals surface area (Å²) in [4.78, 5) is 24.0. The number of carboxylic acid groups (broad SMARTS) is 1. The van der Waals surface area contributed by atoms with Crippen molar-refractivity contribution in [2.24, 2.45) is 11.6 Å². The topological polar surface area (TPSA) is 193 Å². The summed E-state index contributed by atoms with van der Waals surface area (Å²) < 4.78 is 11.2. The van der Waals surface area contributed by atoms with Crippen molar-refractivity contribution >= 4 is 23.5 Å². The smallest absolute Gasteiger partial charge is 0.318 e. The molecule has 166 valence electrons. The van der Waals surface area contributed by atoms with Gasteiger partial charge in [0.15, 0.2) is 17.4 Å². The van der Waals surface area contributed by atoms with Gasteiger partial charge in [0.25, 0.3) is 5.91 Å². The fourth-order valence-corrected chi connectivity index (χ4v) is 3.48. The monoisotopic (exact) mass is 431 g/mol. The number of carbonyl (C=O) groups excluding carboxylic acids is 1. The second-order valence-corrected chi connectivity index (χ2v) is 7.22. The van der Waals surface area contributed by atoms with Crippen LogP contribution in [0.3, 0.4) is 0 Å². The van der Waals surface area contributed by atoms with Crippen LogP contribution >= 0.6 is 0 Å². The van der Waals surface area contributed by atoms with E-state index in [4.69, 9.17) is 25.5 Å². The molecule has 1 amide bonds. The molecule has 31 heavy (non-hydrogen) atoms. The van der Waals surface area contributed by atoms with Gasteiger partial charge < -0.3 is 30.3 Å². The summed E-state index contributed by atoms with van der Waals surface area (Å²) in [6, 6.07) is 7.29. The highest BCUT2D eigenvalue weighted by Crippen LogP contribution is 2.35. The minimum absolute atomic E-state index is 0.0897. The number of fused-ring (bicyclic) bond motifs is 1. The number of nitrogens with two attached hydrogens (primary N) is 2. The molecule has 1 fully saturated rings. The van der Waals surface area contributed by atoms with Crippen LogP contribution < -0.4 is 32.0 Å². The molecular weight excluding hydrogens is 406 g/mol. The van der Waals surface area contributed by atoms with E-state index in [1.165, 1.54) is 0 Å². The number of carbonyl (C=O) groups is 2. The fourth-order valence-electron chi connectivity index (χ4n) is 3.48. The first-order valence-corrected chi connectivity index (χ1v) is 9.57. The van der Waals surface area contributed by atoms with Crippen LogP contribution in [0.15, 0.2) is 28.8 Å². The molecule has 2 aliphatic heterocycles. The molecule has 0 aliphatic carbocycles. The lowest BCUT2D eigenvalue weighted by Gasteiger charge is -2.44. The van der Waals surface area contributed by atoms with Gasteiger partial charge in [0.05, 0.1) is 5.56 Å². The van der Waals surface area contributed by atoms with Crippen LogP contribution in [-0.2, 0) is 4.79 Å². The molecular formula is C19H25N7O5. The maximum absolute atomic E-state index is 12.5. The first-order chi connectivity index (χ1) is 14.7. The van der Waals surface area contributed by atoms with E-state index in [0.29, 0.717) is 43.1 Å². The van der Waals surface area contributed by atoms with E-state index in [0.717, 1.165) is 5.56 Å². The van der Waals surface area contributed by atoms with Crippen molar-refractivity contribution < 1.29 is 24.0 Å². The highest BCUT2D eigenvalue weighted by Gasteiger charge is 2.43. The Labute approximate surface area is 178 Å². The van der Waals surface area contributed by atoms with Crippen LogP contribution in [0.25, 0.3) is 0 Å². The second-order valence-electron chi connectivity index (χ2n) is 7.22. The van der Waals surface area contributed by atoms with Gasteiger partial charge >= 0.3 is 5.97 Å². The number of nitrogens with zero attached hydrogens (tertiary/aromatic N) is 2. The highest BCUT2D eigenvalue weighted by molar-refractivity contribution is 5.99. The summed E-state index contributed by atoms with van der Waals surface area (Å²) in [5, 5.41) is 22.2. The van der Waals surface area contributed by atoms with Gasteiger partial charge in [0.1, 0.15) is 12.3 Å². The Morgan fingerprint density at radius 1 is 1.42 bits per heavy atom. The van der Waals surface area contributed by atoms with E-state index in [9.17, 15) is 9.59 Å². The number of piperidine rings is 1. The van der Waals surface area contributed by atoms with E-state index in [2.05, 4.69) is 16.3 Å². The molecule has 0 radical (unpaired) electrons. The summed E-state index contributed by atoms with van der Waals surface area (Å²) in [6.45, 7) is 3.01. The van der Waals surface area contributed by atoms with Gasteiger partial charge in [-0.25, -0.2) is 5.43 Å². The third-order valence-electron chi connectivity index (χ3n) is 5.02. The number of nitrogens with one attached hydrogen (secondary N) is 3. The Hall–Kier alpha value is -3.64. The molecule has 1 spiro atoms. The lowest BCUT2D eigenvalue weighted by molar-refractivity contribution is -0.135. The molecule has 1 saturated heterocycles. The third kappa shape index (κ3) is 4.92. The lowest BCUT2D eigenvalue weighted by atomic mass is 9.95. The summed E-state index contributed by atoms with van der Waals surface area (Å²) in [5.41, 5.74) is 8.19. The molecule has 1 aromatic heterocycles. The van der Waals surface area contributed by atoms with Crippen molar-refractivity contribution in [3.63, 3.8) is 0 Å². The van der Waals surface area contributed by atoms with E-state index in [1.54, 1.807) is 6.07 Å². The van der Waals surface area contributed by atoms with Crippen molar-refractivity contribution in [2.75, 3.05) is 24.5 Å². The number of hydrogen-bond donors (Lipinski definition) is 6. The Balaban J connectivity index is 0.000000401. The van der Waals surface area contributed by atoms with Gasteiger partial charge in [-0.2, -0.15) is 0 Å². The fraction of sp³-hybridized carbons (Fsp3) is 0.368. The quantitative estimate of drug-likeness (QED) is 0.165. The van der Waals surface area contributed by atoms with Gasteiger partial charge in [-0.3, -0.25) is 20.8 Å². The first kappa shape index (κ1) is 22.1. The number of aryl methyl sites for hydroxylation is 1. The van der Waals surface area contributed by atoms with Crippen LogP contribution in [0, 0.1) is 12.3 Å². The van der Waals surface area contributed by atoms with Gasteiger partial charge in [0.2, 0.25) is 5.76 Å². The molecule has 3 heterocycles. The highest BCUT2D eigenvalue weighted by atomic mass is 16.5. The molecule has 12 nitrogen and oxygen atoms in total. The van der Waals surface area contributed by atoms with E-state index in [-0.39, 0.29) is 24.0 Å². The molecule has 2 aliphatic rings. The number of hydrogen-bond acceptors (Lipinski definition) is 9. The molecule has 1 aromatic carbocycles. The molecule has 0 atom stereocenters. The van der Waals surface area contributed by atoms with Gasteiger partial charge in [-0.15, -0.1) is 0 Å². The predicted octanol–water partition coefficient (Wildman–Crippen LogP) is -0.0797. The van der Waals surface area contributed by atoms with Gasteiger partial charge in [-0.05, 0) is 18.6 Å². The summed E-state index contributed by atoms with van der Waals surface area (Å²) in [6.07, 6.45) is 1.24. The minimum atomic E-state index is -0.947. The standard InChI is InChI=1S/C17H19N5O3.C2H6N2O2/c1-10-3-2-4-11-14(10)16(23)20-17(24-11)5-7-22(8-6-17)13-9-12(15(18)19)25-21-13;3-4-1-2(5)6/h2-4,9H,5-8H2,1H3,(H3,18,19)(H,20,23);4H,1,3H2,(H,5,6). The number of hydrazine groups is 1. The van der Waals surface area contributed by atoms with Crippen molar-refractivity contribution in [1.82, 2.24) is 15.9 Å². The zero-order valence-electron chi connectivity index (χ0n) is 17.0. The van der Waals surface area contributed by atoms with E-state index >= 15 is 0 Å². The largest absolute Gasteiger partial charge is 0.480 e. The number of rotatable bonds is 4. The Morgan fingerprint density at radius 2 is 2.13 bits per heavy atom. The zero-order valence-corrected chi connectivity index (χ0v) is 17.0. The molecule has 0 unspecified atom stereocenters. The van der Waals surface area contributed by atoms with Crippen LogP contribution in [0.4, 0.5) is 5.82 Å². The van der Waals surface area contributed by atoms with Gasteiger partial charge in [-0.1, -0.05) is 17.3 Å². The Bertz CT molecular complexity index is 982. The maximum atomic E-state index is 12.5. The van der Waals surface area contributed by atoms with Crippen molar-refractivity contribution in [3.05, 3.63) is 41.2 Å². The lowest BCUT2D eigenvalue weighted by Crippen LogP contribution is -2.61. The number of amides is 1. The van der Waals surface area contributed by atoms with Gasteiger partial charge in [0, 0.05) is 32.0 Å². The summed E-state index contributed by atoms with van der Waals surface area (Å²) in [7, 11) is 0. The predicted molar refractivity (Wildman–Crippen MR) is 111 cm³/mol. The van der Waals surface area contributed by atoms with Crippen molar-refractivity contribution in [2.45, 2.75) is 25.5 Å². The van der Waals surface area contributed by atoms with Crippen molar-refractivity contribution in [1.29, 1.82) is 5.41 Å². The molecule has 8 N–H and O–H groups in total. The SMILES string of the molecule is Cc1cccc2c1C(=O)NC1(CCN(c3cc(C(=N)N)on3)CC1)O2.NNCC(=O)O. The van der Waals surface area contributed by atoms with Crippen LogP contribution in [0.2, 0.25) is 0 Å². The second kappa shape index (κ2) is 9.02. The Morgan fingerprint density at radius 3 is 2.68 bits per heavy atom.